The molecule has 2 aromatic rings. The predicted octanol–water partition coefficient (Wildman–Crippen LogP) is 2.89. The van der Waals surface area contributed by atoms with E-state index in [0.29, 0.717) is 47.5 Å². The third-order valence-electron chi connectivity index (χ3n) is 3.80. The molecule has 0 unspecified atom stereocenters. The molecular weight excluding hydrogens is 353 g/mol. The molecule has 1 saturated heterocycles. The number of amides is 2. The van der Waals surface area contributed by atoms with Gasteiger partial charge in [0.1, 0.15) is 0 Å². The van der Waals surface area contributed by atoms with Gasteiger partial charge in [0.25, 0.3) is 11.8 Å². The number of piperazine rings is 1. The SMILES string of the molecule is Cc1cc(C(=O)N2CCN(C(=O)c3cc(Cl)cc(Cl)c3)CC2)on1. The number of benzene rings is 1. The summed E-state index contributed by atoms with van der Waals surface area (Å²) in [6, 6.07) is 6.36. The van der Waals surface area contributed by atoms with Crippen LogP contribution in [0.15, 0.2) is 28.8 Å². The quantitative estimate of drug-likeness (QED) is 0.818. The third-order valence-corrected chi connectivity index (χ3v) is 4.24. The Hall–Kier alpha value is -2.05. The van der Waals surface area contributed by atoms with Crippen LogP contribution >= 0.6 is 23.2 Å². The number of carbonyl (C=O) groups excluding carboxylic acids is 2. The van der Waals surface area contributed by atoms with Gasteiger partial charge >= 0.3 is 0 Å². The summed E-state index contributed by atoms with van der Waals surface area (Å²) in [6.07, 6.45) is 0. The maximum atomic E-state index is 12.5. The molecule has 24 heavy (non-hydrogen) atoms. The van der Waals surface area contributed by atoms with Crippen molar-refractivity contribution in [1.82, 2.24) is 15.0 Å². The summed E-state index contributed by atoms with van der Waals surface area (Å²) in [5.41, 5.74) is 1.10. The number of halogens is 2. The van der Waals surface area contributed by atoms with Crippen LogP contribution in [0.1, 0.15) is 26.6 Å². The lowest BCUT2D eigenvalue weighted by Crippen LogP contribution is -2.50. The molecule has 0 N–H and O–H groups in total. The summed E-state index contributed by atoms with van der Waals surface area (Å²) in [6.45, 7) is 3.48. The first kappa shape index (κ1) is 16.8. The highest BCUT2D eigenvalue weighted by Gasteiger charge is 2.27. The molecule has 1 aromatic carbocycles. The molecule has 0 saturated carbocycles. The van der Waals surface area contributed by atoms with Gasteiger partial charge in [0, 0.05) is 47.9 Å². The molecule has 2 amide bonds. The van der Waals surface area contributed by atoms with Crippen molar-refractivity contribution >= 4 is 35.0 Å². The molecule has 6 nitrogen and oxygen atoms in total. The lowest BCUT2D eigenvalue weighted by Gasteiger charge is -2.34. The molecule has 1 aromatic heterocycles. The molecule has 1 aliphatic rings. The van der Waals surface area contributed by atoms with Crippen LogP contribution in [-0.4, -0.2) is 52.9 Å². The first-order valence-electron chi connectivity index (χ1n) is 7.42. The molecule has 1 fully saturated rings. The van der Waals surface area contributed by atoms with E-state index in [4.69, 9.17) is 27.7 Å². The summed E-state index contributed by atoms with van der Waals surface area (Å²) >= 11 is 11.9. The fourth-order valence-corrected chi connectivity index (χ4v) is 3.12. The highest BCUT2D eigenvalue weighted by atomic mass is 35.5. The average Bonchev–Trinajstić information content (AvgIpc) is 2.99. The van der Waals surface area contributed by atoms with Gasteiger partial charge < -0.3 is 14.3 Å². The highest BCUT2D eigenvalue weighted by molar-refractivity contribution is 6.35. The van der Waals surface area contributed by atoms with Crippen molar-refractivity contribution in [3.05, 3.63) is 51.3 Å². The van der Waals surface area contributed by atoms with Crippen LogP contribution in [0.3, 0.4) is 0 Å². The van der Waals surface area contributed by atoms with Gasteiger partial charge in [0.2, 0.25) is 5.76 Å². The fourth-order valence-electron chi connectivity index (χ4n) is 2.59. The molecule has 0 spiro atoms. The Morgan fingerprint density at radius 3 is 2.00 bits per heavy atom. The van der Waals surface area contributed by atoms with E-state index in [0.717, 1.165) is 0 Å². The summed E-state index contributed by atoms with van der Waals surface area (Å²) < 4.78 is 5.00. The zero-order valence-electron chi connectivity index (χ0n) is 13.0. The maximum absolute atomic E-state index is 12.5. The van der Waals surface area contributed by atoms with E-state index < -0.39 is 0 Å². The molecule has 2 heterocycles. The second-order valence-corrected chi connectivity index (χ2v) is 6.45. The predicted molar refractivity (Wildman–Crippen MR) is 89.5 cm³/mol. The molecule has 1 aliphatic heterocycles. The number of aryl methyl sites for hydroxylation is 1. The van der Waals surface area contributed by atoms with Crippen molar-refractivity contribution in [1.29, 1.82) is 0 Å². The van der Waals surface area contributed by atoms with Crippen molar-refractivity contribution in [2.75, 3.05) is 26.2 Å². The van der Waals surface area contributed by atoms with Gasteiger partial charge in [0.15, 0.2) is 0 Å². The van der Waals surface area contributed by atoms with Crippen LogP contribution in [0.2, 0.25) is 10.0 Å². The molecule has 0 atom stereocenters. The largest absolute Gasteiger partial charge is 0.351 e. The van der Waals surface area contributed by atoms with Gasteiger partial charge in [0.05, 0.1) is 5.69 Å². The Balaban J connectivity index is 1.64. The van der Waals surface area contributed by atoms with Crippen LogP contribution in [0.25, 0.3) is 0 Å². The molecule has 8 heteroatoms. The monoisotopic (exact) mass is 367 g/mol. The molecule has 126 valence electrons. The standard InChI is InChI=1S/C16H15Cl2N3O3/c1-10-6-14(24-19-10)16(23)21-4-2-20(3-5-21)15(22)11-7-12(17)9-13(18)8-11/h6-9H,2-5H2,1H3. The molecule has 0 aliphatic carbocycles. The Morgan fingerprint density at radius 1 is 0.958 bits per heavy atom. The van der Waals surface area contributed by atoms with Gasteiger partial charge in [-0.25, -0.2) is 0 Å². The fraction of sp³-hybridized carbons (Fsp3) is 0.312. The minimum absolute atomic E-state index is 0.151. The van der Waals surface area contributed by atoms with E-state index in [1.807, 2.05) is 0 Å². The molecule has 3 rings (SSSR count). The summed E-state index contributed by atoms with van der Waals surface area (Å²) in [5.74, 6) is -0.149. The topological polar surface area (TPSA) is 66.7 Å². The number of hydrogen-bond acceptors (Lipinski definition) is 4. The van der Waals surface area contributed by atoms with Crippen molar-refractivity contribution < 1.29 is 14.1 Å². The first-order valence-corrected chi connectivity index (χ1v) is 8.17. The van der Waals surface area contributed by atoms with Gasteiger partial charge in [-0.1, -0.05) is 28.4 Å². The molecule has 0 bridgehead atoms. The van der Waals surface area contributed by atoms with Gasteiger partial charge in [-0.2, -0.15) is 0 Å². The first-order chi connectivity index (χ1) is 11.4. The maximum Gasteiger partial charge on any atom is 0.292 e. The van der Waals surface area contributed by atoms with E-state index in [-0.39, 0.29) is 17.6 Å². The second kappa shape index (κ2) is 6.83. The minimum atomic E-state index is -0.214. The van der Waals surface area contributed by atoms with Gasteiger partial charge in [-0.3, -0.25) is 9.59 Å². The Morgan fingerprint density at radius 2 is 1.50 bits per heavy atom. The zero-order valence-corrected chi connectivity index (χ0v) is 14.5. The van der Waals surface area contributed by atoms with E-state index in [1.165, 1.54) is 0 Å². The summed E-state index contributed by atoms with van der Waals surface area (Å²) in [5, 5.41) is 4.55. The summed E-state index contributed by atoms with van der Waals surface area (Å²) in [7, 11) is 0. The van der Waals surface area contributed by atoms with Crippen molar-refractivity contribution in [2.24, 2.45) is 0 Å². The van der Waals surface area contributed by atoms with Gasteiger partial charge in [-0.05, 0) is 25.1 Å². The lowest BCUT2D eigenvalue weighted by molar-refractivity contribution is 0.0512. The van der Waals surface area contributed by atoms with Crippen LogP contribution in [0.4, 0.5) is 0 Å². The van der Waals surface area contributed by atoms with Crippen LogP contribution < -0.4 is 0 Å². The van der Waals surface area contributed by atoms with Crippen molar-refractivity contribution in [3.63, 3.8) is 0 Å². The Bertz CT molecular complexity index is 762. The normalized spacial score (nSPS) is 14.8. The van der Waals surface area contributed by atoms with E-state index in [9.17, 15) is 9.59 Å². The number of nitrogens with zero attached hydrogens (tertiary/aromatic N) is 3. The van der Waals surface area contributed by atoms with E-state index in [1.54, 1.807) is 41.0 Å². The molecule has 0 radical (unpaired) electrons. The van der Waals surface area contributed by atoms with Crippen molar-refractivity contribution in [3.8, 4) is 0 Å². The van der Waals surface area contributed by atoms with E-state index >= 15 is 0 Å². The number of rotatable bonds is 2. The number of carbonyl (C=O) groups is 2. The zero-order chi connectivity index (χ0) is 17.3. The highest BCUT2D eigenvalue weighted by Crippen LogP contribution is 2.21. The van der Waals surface area contributed by atoms with E-state index in [2.05, 4.69) is 5.16 Å². The van der Waals surface area contributed by atoms with Crippen molar-refractivity contribution in [2.45, 2.75) is 6.92 Å². The minimum Gasteiger partial charge on any atom is -0.351 e. The number of aromatic nitrogens is 1. The Kier molecular flexibility index (Phi) is 4.78. The Labute approximate surface area is 148 Å². The van der Waals surface area contributed by atoms with Crippen LogP contribution in [0.5, 0.6) is 0 Å². The van der Waals surface area contributed by atoms with Crippen LogP contribution in [-0.2, 0) is 0 Å². The average molecular weight is 368 g/mol. The summed E-state index contributed by atoms with van der Waals surface area (Å²) in [4.78, 5) is 28.2. The smallest absolute Gasteiger partial charge is 0.292 e. The van der Waals surface area contributed by atoms with Crippen LogP contribution in [0, 0.1) is 6.92 Å². The lowest BCUT2D eigenvalue weighted by atomic mass is 10.1. The molecular formula is C16H15Cl2N3O3. The second-order valence-electron chi connectivity index (χ2n) is 5.58. The van der Waals surface area contributed by atoms with Gasteiger partial charge in [-0.15, -0.1) is 0 Å². The third kappa shape index (κ3) is 3.55. The number of hydrogen-bond donors (Lipinski definition) is 0.